The summed E-state index contributed by atoms with van der Waals surface area (Å²) in [5, 5.41) is 0. The normalized spacial score (nSPS) is 12.0. The molecule has 1 heteroatoms. The molecule has 1 heterocycles. The van der Waals surface area contributed by atoms with Crippen LogP contribution in [0.3, 0.4) is 0 Å². The Morgan fingerprint density at radius 1 is 0.684 bits per heavy atom. The average molecular weight is 243 g/mol. The fourth-order valence-corrected chi connectivity index (χ4v) is 2.92. The lowest BCUT2D eigenvalue weighted by Gasteiger charge is -2.08. The maximum Gasteiger partial charge on any atom is 0.0708 e. The number of rotatable bonds is 1. The molecule has 0 spiro atoms. The Morgan fingerprint density at radius 2 is 1.47 bits per heavy atom. The summed E-state index contributed by atoms with van der Waals surface area (Å²) < 4.78 is 0. The topological polar surface area (TPSA) is 12.9 Å². The number of hydrogen-bond donors (Lipinski definition) is 0. The fraction of sp³-hybridized carbons (Fsp3) is 0.0556. The van der Waals surface area contributed by atoms with Gasteiger partial charge in [-0.05, 0) is 40.8 Å². The Balaban J connectivity index is 2.01. The van der Waals surface area contributed by atoms with Crippen molar-refractivity contribution in [1.29, 1.82) is 0 Å². The number of hydrogen-bond acceptors (Lipinski definition) is 1. The third-order valence-corrected chi connectivity index (χ3v) is 3.76. The van der Waals surface area contributed by atoms with Crippen LogP contribution in [0.1, 0.15) is 11.1 Å². The number of pyridine rings is 1. The second kappa shape index (κ2) is 4.06. The zero-order valence-corrected chi connectivity index (χ0v) is 10.5. The maximum absolute atomic E-state index is 4.50. The molecular formula is C18H13N. The van der Waals surface area contributed by atoms with Crippen LogP contribution >= 0.6 is 0 Å². The van der Waals surface area contributed by atoms with Gasteiger partial charge in [0.05, 0.1) is 5.69 Å². The Bertz CT molecular complexity index is 745. The smallest absolute Gasteiger partial charge is 0.0708 e. The van der Waals surface area contributed by atoms with Crippen LogP contribution in [0.2, 0.25) is 0 Å². The summed E-state index contributed by atoms with van der Waals surface area (Å²) in [5.41, 5.74) is 7.83. The van der Waals surface area contributed by atoms with Crippen molar-refractivity contribution in [3.8, 4) is 22.4 Å². The Kier molecular flexibility index (Phi) is 2.25. The Hall–Kier alpha value is -2.41. The molecule has 90 valence electrons. The summed E-state index contributed by atoms with van der Waals surface area (Å²) >= 11 is 0. The molecule has 1 nitrogen and oxygen atoms in total. The maximum atomic E-state index is 4.50. The first-order valence-electron chi connectivity index (χ1n) is 6.55. The van der Waals surface area contributed by atoms with Gasteiger partial charge in [0, 0.05) is 11.8 Å². The zero-order chi connectivity index (χ0) is 12.7. The van der Waals surface area contributed by atoms with E-state index in [4.69, 9.17) is 0 Å². The molecule has 19 heavy (non-hydrogen) atoms. The van der Waals surface area contributed by atoms with Crippen LogP contribution in [0.15, 0.2) is 66.9 Å². The number of aromatic nitrogens is 1. The molecule has 1 aliphatic rings. The zero-order valence-electron chi connectivity index (χ0n) is 10.5. The molecule has 0 fully saturated rings. The van der Waals surface area contributed by atoms with Crippen molar-refractivity contribution in [3.63, 3.8) is 0 Å². The molecule has 0 aliphatic heterocycles. The summed E-state index contributed by atoms with van der Waals surface area (Å²) in [4.78, 5) is 4.50. The quantitative estimate of drug-likeness (QED) is 0.485. The van der Waals surface area contributed by atoms with Gasteiger partial charge in [0.15, 0.2) is 0 Å². The summed E-state index contributed by atoms with van der Waals surface area (Å²) in [6.45, 7) is 0. The largest absolute Gasteiger partial charge is 0.256 e. The summed E-state index contributed by atoms with van der Waals surface area (Å²) in [7, 11) is 0. The lowest BCUT2D eigenvalue weighted by atomic mass is 9.97. The third-order valence-electron chi connectivity index (χ3n) is 3.76. The lowest BCUT2D eigenvalue weighted by molar-refractivity contribution is 1.26. The van der Waals surface area contributed by atoms with Crippen molar-refractivity contribution < 1.29 is 0 Å². The number of nitrogens with zero attached hydrogens (tertiary/aromatic N) is 1. The van der Waals surface area contributed by atoms with Crippen molar-refractivity contribution >= 4 is 0 Å². The van der Waals surface area contributed by atoms with Crippen molar-refractivity contribution in [2.45, 2.75) is 6.42 Å². The third kappa shape index (κ3) is 1.59. The van der Waals surface area contributed by atoms with Crippen molar-refractivity contribution in [3.05, 3.63) is 78.0 Å². The van der Waals surface area contributed by atoms with Gasteiger partial charge < -0.3 is 0 Å². The van der Waals surface area contributed by atoms with E-state index in [2.05, 4.69) is 53.5 Å². The summed E-state index contributed by atoms with van der Waals surface area (Å²) in [6, 6.07) is 21.3. The molecule has 0 amide bonds. The average Bonchev–Trinajstić information content (AvgIpc) is 2.86. The van der Waals surface area contributed by atoms with Gasteiger partial charge in [0.25, 0.3) is 0 Å². The first kappa shape index (κ1) is 10.5. The van der Waals surface area contributed by atoms with E-state index in [1.165, 1.54) is 27.8 Å². The molecular weight excluding hydrogens is 230 g/mol. The lowest BCUT2D eigenvalue weighted by Crippen LogP contribution is -1.87. The first-order chi connectivity index (χ1) is 9.43. The van der Waals surface area contributed by atoms with E-state index in [-0.39, 0.29) is 0 Å². The van der Waals surface area contributed by atoms with Crippen molar-refractivity contribution in [2.75, 3.05) is 0 Å². The highest BCUT2D eigenvalue weighted by Crippen LogP contribution is 2.42. The van der Waals surface area contributed by atoms with Gasteiger partial charge in [-0.2, -0.15) is 0 Å². The van der Waals surface area contributed by atoms with E-state index in [0.29, 0.717) is 0 Å². The molecule has 0 unspecified atom stereocenters. The monoisotopic (exact) mass is 243 g/mol. The van der Waals surface area contributed by atoms with Crippen LogP contribution in [0.5, 0.6) is 0 Å². The van der Waals surface area contributed by atoms with E-state index in [1.54, 1.807) is 0 Å². The van der Waals surface area contributed by atoms with Crippen LogP contribution < -0.4 is 0 Å². The van der Waals surface area contributed by atoms with Gasteiger partial charge in [-0.1, -0.05) is 48.5 Å². The fourth-order valence-electron chi connectivity index (χ4n) is 2.92. The van der Waals surface area contributed by atoms with Gasteiger partial charge in [0.2, 0.25) is 0 Å². The highest BCUT2D eigenvalue weighted by Gasteiger charge is 2.21. The van der Waals surface area contributed by atoms with E-state index in [0.717, 1.165) is 12.1 Å². The van der Waals surface area contributed by atoms with E-state index in [9.17, 15) is 0 Å². The molecule has 3 aromatic rings. The summed E-state index contributed by atoms with van der Waals surface area (Å²) in [6.07, 6.45) is 2.89. The highest BCUT2D eigenvalue weighted by molar-refractivity contribution is 5.89. The van der Waals surface area contributed by atoms with Crippen LogP contribution in [-0.4, -0.2) is 4.98 Å². The Morgan fingerprint density at radius 3 is 2.37 bits per heavy atom. The molecule has 0 bridgehead atoms. The number of fused-ring (bicyclic) bond motifs is 3. The molecule has 0 atom stereocenters. The van der Waals surface area contributed by atoms with Gasteiger partial charge in [-0.3, -0.25) is 4.98 Å². The molecule has 1 aliphatic carbocycles. The van der Waals surface area contributed by atoms with Crippen LogP contribution in [0, 0.1) is 0 Å². The van der Waals surface area contributed by atoms with Crippen molar-refractivity contribution in [2.24, 2.45) is 0 Å². The highest BCUT2D eigenvalue weighted by atomic mass is 14.7. The van der Waals surface area contributed by atoms with Gasteiger partial charge in [0.1, 0.15) is 0 Å². The van der Waals surface area contributed by atoms with Crippen LogP contribution in [-0.2, 0) is 6.42 Å². The van der Waals surface area contributed by atoms with E-state index in [1.807, 2.05) is 18.3 Å². The molecule has 4 rings (SSSR count). The minimum atomic E-state index is 1.03. The molecule has 0 N–H and O–H groups in total. The molecule has 0 radical (unpaired) electrons. The minimum absolute atomic E-state index is 1.03. The first-order valence-corrected chi connectivity index (χ1v) is 6.55. The predicted molar refractivity (Wildman–Crippen MR) is 77.9 cm³/mol. The van der Waals surface area contributed by atoms with Crippen molar-refractivity contribution in [1.82, 2.24) is 4.98 Å². The SMILES string of the molecule is c1ccc(-c2cccc3c2-c2ccccc2C3)nc1. The second-order valence-corrected chi connectivity index (χ2v) is 4.89. The van der Waals surface area contributed by atoms with Crippen LogP contribution in [0.25, 0.3) is 22.4 Å². The number of benzene rings is 2. The van der Waals surface area contributed by atoms with E-state index < -0.39 is 0 Å². The van der Waals surface area contributed by atoms with Gasteiger partial charge in [-0.15, -0.1) is 0 Å². The molecule has 0 saturated carbocycles. The van der Waals surface area contributed by atoms with Crippen LogP contribution in [0.4, 0.5) is 0 Å². The second-order valence-electron chi connectivity index (χ2n) is 4.89. The van der Waals surface area contributed by atoms with Gasteiger partial charge >= 0.3 is 0 Å². The Labute approximate surface area is 112 Å². The standard InChI is InChI=1S/C18H13N/c1-2-8-15-13(6-1)12-14-7-5-9-16(18(14)15)17-10-3-4-11-19-17/h1-11H,12H2. The van der Waals surface area contributed by atoms with E-state index >= 15 is 0 Å². The summed E-state index contributed by atoms with van der Waals surface area (Å²) in [5.74, 6) is 0. The minimum Gasteiger partial charge on any atom is -0.256 e. The molecule has 0 saturated heterocycles. The molecule has 2 aromatic carbocycles. The predicted octanol–water partition coefficient (Wildman–Crippen LogP) is 4.32. The molecule has 1 aromatic heterocycles. The van der Waals surface area contributed by atoms with Gasteiger partial charge in [-0.25, -0.2) is 0 Å².